The molecule has 0 unspecified atom stereocenters. The first-order valence-corrected chi connectivity index (χ1v) is 10.8. The number of nitrogens with zero attached hydrogens (tertiary/aromatic N) is 4. The van der Waals surface area contributed by atoms with Crippen molar-refractivity contribution in [1.82, 2.24) is 19.8 Å². The van der Waals surface area contributed by atoms with Crippen LogP contribution in [0.4, 0.5) is 14.6 Å². The maximum absolute atomic E-state index is 12.5. The van der Waals surface area contributed by atoms with Gasteiger partial charge in [-0.05, 0) is 40.3 Å². The number of imidazole rings is 1. The fourth-order valence-electron chi connectivity index (χ4n) is 3.67. The summed E-state index contributed by atoms with van der Waals surface area (Å²) in [5.74, 6) is -0.490. The fraction of sp³-hybridized carbons (Fsp3) is 0.304. The number of aromatic nitrogens is 2. The number of halogens is 2. The van der Waals surface area contributed by atoms with E-state index in [2.05, 4.69) is 19.9 Å². The van der Waals surface area contributed by atoms with Crippen molar-refractivity contribution >= 4 is 11.7 Å². The molecule has 12 heteroatoms. The lowest BCUT2D eigenvalue weighted by atomic mass is 10.1. The molecule has 184 valence electrons. The first-order chi connectivity index (χ1) is 16.9. The SMILES string of the molecule is O=C(NCc1cccc(OC(F)F)c1)c1ccc(CN2CCOc3nc([N+](=O)[O-])cn3CC2)cc1. The monoisotopic (exact) mass is 487 g/mol. The van der Waals surface area contributed by atoms with E-state index in [4.69, 9.17) is 4.74 Å². The van der Waals surface area contributed by atoms with Crippen LogP contribution in [0.5, 0.6) is 11.8 Å². The second-order valence-corrected chi connectivity index (χ2v) is 7.86. The third kappa shape index (κ3) is 6.51. The van der Waals surface area contributed by atoms with Gasteiger partial charge in [0.25, 0.3) is 5.91 Å². The molecule has 1 amide bonds. The van der Waals surface area contributed by atoms with Crippen LogP contribution in [-0.4, -0.2) is 51.6 Å². The Balaban J connectivity index is 1.30. The molecule has 0 aliphatic carbocycles. The van der Waals surface area contributed by atoms with E-state index in [1.54, 1.807) is 28.8 Å². The third-order valence-electron chi connectivity index (χ3n) is 5.41. The smallest absolute Gasteiger partial charge is 0.414 e. The summed E-state index contributed by atoms with van der Waals surface area (Å²) < 4.78 is 36.3. The lowest BCUT2D eigenvalue weighted by Crippen LogP contribution is -2.33. The highest BCUT2D eigenvalue weighted by molar-refractivity contribution is 5.94. The number of ether oxygens (including phenoxy) is 2. The second-order valence-electron chi connectivity index (χ2n) is 7.86. The maximum atomic E-state index is 12.5. The lowest BCUT2D eigenvalue weighted by molar-refractivity contribution is -0.389. The molecule has 1 aliphatic rings. The lowest BCUT2D eigenvalue weighted by Gasteiger charge is -2.24. The maximum Gasteiger partial charge on any atom is 0.414 e. The summed E-state index contributed by atoms with van der Waals surface area (Å²) >= 11 is 0. The van der Waals surface area contributed by atoms with Gasteiger partial charge in [0.1, 0.15) is 18.6 Å². The zero-order valence-electron chi connectivity index (χ0n) is 18.6. The molecule has 0 atom stereocenters. The van der Waals surface area contributed by atoms with Crippen LogP contribution in [0.25, 0.3) is 0 Å². The Morgan fingerprint density at radius 3 is 2.71 bits per heavy atom. The van der Waals surface area contributed by atoms with Crippen LogP contribution in [0, 0.1) is 10.1 Å². The van der Waals surface area contributed by atoms with Crippen molar-refractivity contribution in [1.29, 1.82) is 0 Å². The average Bonchev–Trinajstić information content (AvgIpc) is 3.22. The summed E-state index contributed by atoms with van der Waals surface area (Å²) in [5, 5.41) is 13.7. The van der Waals surface area contributed by atoms with Crippen LogP contribution in [0.2, 0.25) is 0 Å². The number of hydrogen-bond acceptors (Lipinski definition) is 7. The number of carbonyl (C=O) groups is 1. The first kappa shape index (κ1) is 24.1. The molecule has 4 rings (SSSR count). The van der Waals surface area contributed by atoms with E-state index < -0.39 is 11.5 Å². The van der Waals surface area contributed by atoms with Gasteiger partial charge in [0.05, 0.1) is 0 Å². The van der Waals surface area contributed by atoms with E-state index in [0.29, 0.717) is 43.9 Å². The minimum absolute atomic E-state index is 0.0354. The number of amides is 1. The normalized spacial score (nSPS) is 13.9. The Morgan fingerprint density at radius 2 is 1.97 bits per heavy atom. The number of hydrogen-bond donors (Lipinski definition) is 1. The Kier molecular flexibility index (Phi) is 7.51. The van der Waals surface area contributed by atoms with Crippen molar-refractivity contribution in [3.8, 4) is 11.8 Å². The van der Waals surface area contributed by atoms with Crippen LogP contribution in [-0.2, 0) is 19.6 Å². The standard InChI is InChI=1S/C23H23F2N5O5/c24-22(25)35-19-3-1-2-17(12-19)13-26-21(31)18-6-4-16(5-7-18)14-28-8-9-29-15-20(30(32)33)27-23(29)34-11-10-28/h1-7,12,15,22H,8-11,13-14H2,(H,26,31). The number of fused-ring (bicyclic) bond motifs is 1. The molecule has 10 nitrogen and oxygen atoms in total. The van der Waals surface area contributed by atoms with Gasteiger partial charge in [-0.3, -0.25) is 14.3 Å². The predicted octanol–water partition coefficient (Wildman–Crippen LogP) is 3.22. The van der Waals surface area contributed by atoms with Gasteiger partial charge in [0.15, 0.2) is 0 Å². The Bertz CT molecular complexity index is 1190. The van der Waals surface area contributed by atoms with E-state index in [0.717, 1.165) is 5.56 Å². The summed E-state index contributed by atoms with van der Waals surface area (Å²) in [5.41, 5.74) is 2.11. The quantitative estimate of drug-likeness (QED) is 0.384. The molecule has 3 aromatic rings. The summed E-state index contributed by atoms with van der Waals surface area (Å²) in [6.45, 7) is 0.00243. The molecule has 1 N–H and O–H groups in total. The topological polar surface area (TPSA) is 112 Å². The van der Waals surface area contributed by atoms with Crippen molar-refractivity contribution in [3.63, 3.8) is 0 Å². The van der Waals surface area contributed by atoms with Crippen LogP contribution in [0.3, 0.4) is 0 Å². The van der Waals surface area contributed by atoms with Crippen molar-refractivity contribution in [2.75, 3.05) is 19.7 Å². The van der Waals surface area contributed by atoms with Crippen molar-refractivity contribution in [2.24, 2.45) is 0 Å². The molecule has 35 heavy (non-hydrogen) atoms. The molecule has 0 spiro atoms. The Morgan fingerprint density at radius 1 is 1.17 bits per heavy atom. The average molecular weight is 487 g/mol. The molecule has 1 aromatic heterocycles. The molecule has 2 heterocycles. The Hall–Kier alpha value is -4.06. The fourth-order valence-corrected chi connectivity index (χ4v) is 3.67. The molecule has 0 fully saturated rings. The molecule has 0 saturated carbocycles. The van der Waals surface area contributed by atoms with Crippen molar-refractivity contribution in [3.05, 3.63) is 81.5 Å². The van der Waals surface area contributed by atoms with E-state index in [9.17, 15) is 23.7 Å². The van der Waals surface area contributed by atoms with Crippen LogP contribution in [0.15, 0.2) is 54.7 Å². The van der Waals surface area contributed by atoms with E-state index in [1.165, 1.54) is 18.3 Å². The van der Waals surface area contributed by atoms with Crippen LogP contribution < -0.4 is 14.8 Å². The molecular formula is C23H23F2N5O5. The van der Waals surface area contributed by atoms with Gasteiger partial charge in [0.2, 0.25) is 0 Å². The number of nitrogens with one attached hydrogen (secondary N) is 1. The summed E-state index contributed by atoms with van der Waals surface area (Å²) in [7, 11) is 0. The van der Waals surface area contributed by atoms with Gasteiger partial charge in [-0.2, -0.15) is 8.78 Å². The van der Waals surface area contributed by atoms with Gasteiger partial charge >= 0.3 is 18.4 Å². The minimum atomic E-state index is -2.91. The van der Waals surface area contributed by atoms with Gasteiger partial charge in [-0.25, -0.2) is 0 Å². The molecule has 1 aliphatic heterocycles. The number of carbonyl (C=O) groups excluding carboxylic acids is 1. The van der Waals surface area contributed by atoms with E-state index in [1.807, 2.05) is 12.1 Å². The third-order valence-corrected chi connectivity index (χ3v) is 5.41. The zero-order valence-corrected chi connectivity index (χ0v) is 18.6. The zero-order chi connectivity index (χ0) is 24.8. The van der Waals surface area contributed by atoms with Crippen molar-refractivity contribution < 1.29 is 28.0 Å². The number of rotatable bonds is 8. The van der Waals surface area contributed by atoms with Crippen LogP contribution in [0.1, 0.15) is 21.5 Å². The highest BCUT2D eigenvalue weighted by Gasteiger charge is 2.23. The van der Waals surface area contributed by atoms with Gasteiger partial charge in [-0.15, -0.1) is 0 Å². The second kappa shape index (κ2) is 10.9. The van der Waals surface area contributed by atoms with E-state index >= 15 is 0 Å². The summed E-state index contributed by atoms with van der Waals surface area (Å²) in [6, 6.07) is 13.6. The first-order valence-electron chi connectivity index (χ1n) is 10.8. The highest BCUT2D eigenvalue weighted by atomic mass is 19.3. The Labute approximate surface area is 199 Å². The van der Waals surface area contributed by atoms with Crippen molar-refractivity contribution in [2.45, 2.75) is 26.2 Å². The summed E-state index contributed by atoms with van der Waals surface area (Å²) in [6.07, 6.45) is 1.37. The van der Waals surface area contributed by atoms with Gasteiger partial charge in [0, 0.05) is 43.3 Å². The minimum Gasteiger partial charge on any atom is -0.444 e. The number of benzene rings is 2. The van der Waals surface area contributed by atoms with E-state index in [-0.39, 0.29) is 30.0 Å². The number of alkyl halides is 2. The largest absolute Gasteiger partial charge is 0.444 e. The predicted molar refractivity (Wildman–Crippen MR) is 120 cm³/mol. The van der Waals surface area contributed by atoms with Gasteiger partial charge < -0.3 is 24.9 Å². The molecule has 0 bridgehead atoms. The van der Waals surface area contributed by atoms with Crippen LogP contribution >= 0.6 is 0 Å². The molecule has 2 aromatic carbocycles. The van der Waals surface area contributed by atoms with Gasteiger partial charge in [-0.1, -0.05) is 24.3 Å². The summed E-state index contributed by atoms with van der Waals surface area (Å²) in [4.78, 5) is 28.9. The number of nitro groups is 1. The highest BCUT2D eigenvalue weighted by Crippen LogP contribution is 2.20. The molecule has 0 radical (unpaired) electrons. The molecule has 0 saturated heterocycles. The molecular weight excluding hydrogens is 464 g/mol.